The number of benzene rings is 1. The van der Waals surface area contributed by atoms with Crippen molar-refractivity contribution in [3.05, 3.63) is 97.2 Å². The molecule has 3 heterocycles. The first-order valence-corrected chi connectivity index (χ1v) is 10.1. The van der Waals surface area contributed by atoms with Crippen LogP contribution in [0.5, 0.6) is 0 Å². The summed E-state index contributed by atoms with van der Waals surface area (Å²) in [6.07, 6.45) is 1.51. The van der Waals surface area contributed by atoms with E-state index in [9.17, 15) is 14.4 Å². The number of pyridine rings is 1. The van der Waals surface area contributed by atoms with Gasteiger partial charge >= 0.3 is 11.7 Å². The van der Waals surface area contributed by atoms with Crippen LogP contribution in [0.1, 0.15) is 38.5 Å². The molecule has 4 rings (SSSR count). The number of furan rings is 1. The number of methoxy groups -OCH3 is 1. The minimum Gasteiger partial charge on any atom is -0.467 e. The summed E-state index contributed by atoms with van der Waals surface area (Å²) in [6, 6.07) is 10.8. The molecule has 164 valence electrons. The zero-order chi connectivity index (χ0) is 23.0. The standard InChI is InChI=1S/C24H23N3O5/c1-14-7-8-15(2)17(10-14)12-27-22(28)20-19(23(29)31-4)11-16(3)25-21(20)26(24(27)30)13-18-6-5-9-32-18/h5-11H,12-13H2,1-4H3. The normalized spacial score (nSPS) is 11.1. The van der Waals surface area contributed by atoms with Crippen LogP contribution < -0.4 is 11.2 Å². The van der Waals surface area contributed by atoms with Gasteiger partial charge in [0.2, 0.25) is 0 Å². The van der Waals surface area contributed by atoms with E-state index in [4.69, 9.17) is 9.15 Å². The summed E-state index contributed by atoms with van der Waals surface area (Å²) in [4.78, 5) is 44.0. The van der Waals surface area contributed by atoms with Crippen molar-refractivity contribution in [2.24, 2.45) is 0 Å². The molecule has 0 amide bonds. The number of esters is 1. The van der Waals surface area contributed by atoms with Gasteiger partial charge in [-0.3, -0.25) is 13.9 Å². The summed E-state index contributed by atoms with van der Waals surface area (Å²) in [5.74, 6) is -0.146. The fourth-order valence-corrected chi connectivity index (χ4v) is 3.77. The minimum atomic E-state index is -0.668. The van der Waals surface area contributed by atoms with E-state index in [2.05, 4.69) is 4.98 Å². The van der Waals surface area contributed by atoms with Gasteiger partial charge in [0.05, 0.1) is 37.4 Å². The van der Waals surface area contributed by atoms with Crippen molar-refractivity contribution in [2.75, 3.05) is 7.11 Å². The summed E-state index contributed by atoms with van der Waals surface area (Å²) in [6.45, 7) is 5.69. The van der Waals surface area contributed by atoms with E-state index in [1.165, 1.54) is 24.0 Å². The second-order valence-corrected chi connectivity index (χ2v) is 7.77. The highest BCUT2D eigenvalue weighted by molar-refractivity contribution is 6.02. The van der Waals surface area contributed by atoms with Gasteiger partial charge in [-0.05, 0) is 50.1 Å². The number of ether oxygens (including phenoxy) is 1. The van der Waals surface area contributed by atoms with E-state index >= 15 is 0 Å². The van der Waals surface area contributed by atoms with Crippen molar-refractivity contribution in [3.63, 3.8) is 0 Å². The molecule has 0 radical (unpaired) electrons. The molecule has 0 atom stereocenters. The minimum absolute atomic E-state index is 0.0407. The fraction of sp³-hybridized carbons (Fsp3) is 0.250. The molecule has 3 aromatic heterocycles. The van der Waals surface area contributed by atoms with Crippen molar-refractivity contribution in [1.29, 1.82) is 0 Å². The lowest BCUT2D eigenvalue weighted by atomic mass is 10.1. The quantitative estimate of drug-likeness (QED) is 0.449. The average molecular weight is 433 g/mol. The summed E-state index contributed by atoms with van der Waals surface area (Å²) < 4.78 is 12.8. The number of carbonyl (C=O) groups is 1. The maximum absolute atomic E-state index is 13.5. The van der Waals surface area contributed by atoms with Gasteiger partial charge in [0, 0.05) is 5.69 Å². The lowest BCUT2D eigenvalue weighted by Crippen LogP contribution is -2.41. The summed E-state index contributed by atoms with van der Waals surface area (Å²) in [5.41, 5.74) is 2.36. The Hall–Kier alpha value is -3.94. The maximum atomic E-state index is 13.5. The third-order valence-corrected chi connectivity index (χ3v) is 5.44. The molecule has 0 saturated carbocycles. The first-order chi connectivity index (χ1) is 15.3. The Labute approximate surface area is 183 Å². The van der Waals surface area contributed by atoms with E-state index in [1.54, 1.807) is 19.1 Å². The van der Waals surface area contributed by atoms with Gasteiger partial charge in [-0.2, -0.15) is 0 Å². The van der Waals surface area contributed by atoms with Crippen LogP contribution in [0.4, 0.5) is 0 Å². The topological polar surface area (TPSA) is 96.3 Å². The number of nitrogens with zero attached hydrogens (tertiary/aromatic N) is 3. The van der Waals surface area contributed by atoms with Crippen LogP contribution >= 0.6 is 0 Å². The fourth-order valence-electron chi connectivity index (χ4n) is 3.77. The molecule has 0 fully saturated rings. The molecule has 0 bridgehead atoms. The highest BCUT2D eigenvalue weighted by atomic mass is 16.5. The predicted octanol–water partition coefficient (Wildman–Crippen LogP) is 2.96. The molecule has 1 aromatic carbocycles. The number of rotatable bonds is 5. The lowest BCUT2D eigenvalue weighted by molar-refractivity contribution is 0.0602. The number of aromatic nitrogens is 3. The summed E-state index contributed by atoms with van der Waals surface area (Å²) in [5, 5.41) is 0.0407. The molecule has 32 heavy (non-hydrogen) atoms. The summed E-state index contributed by atoms with van der Waals surface area (Å²) in [7, 11) is 1.25. The van der Waals surface area contributed by atoms with Crippen LogP contribution in [0.2, 0.25) is 0 Å². The van der Waals surface area contributed by atoms with Crippen molar-refractivity contribution >= 4 is 17.0 Å². The SMILES string of the molecule is COC(=O)c1cc(C)nc2c1c(=O)n(Cc1cc(C)ccc1C)c(=O)n2Cc1ccco1. The molecular weight excluding hydrogens is 410 g/mol. The third kappa shape index (κ3) is 3.75. The Bertz CT molecular complexity index is 1450. The van der Waals surface area contributed by atoms with Gasteiger partial charge in [-0.1, -0.05) is 23.8 Å². The van der Waals surface area contributed by atoms with Gasteiger partial charge in [0.1, 0.15) is 5.76 Å². The Morgan fingerprint density at radius 1 is 1.06 bits per heavy atom. The molecule has 0 saturated heterocycles. The van der Waals surface area contributed by atoms with E-state index in [0.29, 0.717) is 11.5 Å². The first kappa shape index (κ1) is 21.3. The lowest BCUT2D eigenvalue weighted by Gasteiger charge is -2.16. The molecular formula is C24H23N3O5. The molecule has 4 aromatic rings. The molecule has 0 spiro atoms. The predicted molar refractivity (Wildman–Crippen MR) is 119 cm³/mol. The van der Waals surface area contributed by atoms with Gasteiger partial charge in [-0.15, -0.1) is 0 Å². The summed E-state index contributed by atoms with van der Waals surface area (Å²) >= 11 is 0. The van der Waals surface area contributed by atoms with E-state index < -0.39 is 17.2 Å². The largest absolute Gasteiger partial charge is 0.467 e. The number of fused-ring (bicyclic) bond motifs is 1. The van der Waals surface area contributed by atoms with Gasteiger partial charge in [-0.25, -0.2) is 14.6 Å². The highest BCUT2D eigenvalue weighted by Gasteiger charge is 2.23. The Morgan fingerprint density at radius 2 is 1.84 bits per heavy atom. The Kier molecular flexibility index (Phi) is 5.52. The second kappa shape index (κ2) is 8.30. The number of aryl methyl sites for hydroxylation is 3. The molecule has 0 aliphatic heterocycles. The van der Waals surface area contributed by atoms with Crippen LogP contribution in [0, 0.1) is 20.8 Å². The van der Waals surface area contributed by atoms with Crippen LogP contribution in [-0.4, -0.2) is 27.2 Å². The molecule has 0 unspecified atom stereocenters. The van der Waals surface area contributed by atoms with Crippen LogP contribution in [-0.2, 0) is 17.8 Å². The van der Waals surface area contributed by atoms with Gasteiger partial charge in [0.25, 0.3) is 5.56 Å². The zero-order valence-corrected chi connectivity index (χ0v) is 18.3. The number of hydrogen-bond donors (Lipinski definition) is 0. The molecule has 8 heteroatoms. The van der Waals surface area contributed by atoms with Gasteiger partial charge < -0.3 is 9.15 Å². The van der Waals surface area contributed by atoms with E-state index in [0.717, 1.165) is 21.3 Å². The number of carbonyl (C=O) groups excluding carboxylic acids is 1. The number of hydrogen-bond acceptors (Lipinski definition) is 6. The second-order valence-electron chi connectivity index (χ2n) is 7.77. The Balaban J connectivity index is 2.07. The Morgan fingerprint density at radius 3 is 2.53 bits per heavy atom. The van der Waals surface area contributed by atoms with E-state index in [-0.39, 0.29) is 29.7 Å². The van der Waals surface area contributed by atoms with Crippen molar-refractivity contribution in [2.45, 2.75) is 33.9 Å². The van der Waals surface area contributed by atoms with Gasteiger partial charge in [0.15, 0.2) is 5.65 Å². The van der Waals surface area contributed by atoms with Crippen LogP contribution in [0.25, 0.3) is 11.0 Å². The molecule has 0 aliphatic rings. The smallest absolute Gasteiger partial charge is 0.338 e. The monoisotopic (exact) mass is 433 g/mol. The molecule has 8 nitrogen and oxygen atoms in total. The van der Waals surface area contributed by atoms with Crippen molar-refractivity contribution < 1.29 is 13.9 Å². The average Bonchev–Trinajstić information content (AvgIpc) is 3.28. The first-order valence-electron chi connectivity index (χ1n) is 10.1. The van der Waals surface area contributed by atoms with Crippen molar-refractivity contribution in [1.82, 2.24) is 14.1 Å². The van der Waals surface area contributed by atoms with Crippen LogP contribution in [0.15, 0.2) is 56.7 Å². The molecule has 0 N–H and O–H groups in total. The molecule has 0 aliphatic carbocycles. The zero-order valence-electron chi connectivity index (χ0n) is 18.3. The van der Waals surface area contributed by atoms with Crippen LogP contribution in [0.3, 0.4) is 0 Å². The maximum Gasteiger partial charge on any atom is 0.338 e. The third-order valence-electron chi connectivity index (χ3n) is 5.44. The highest BCUT2D eigenvalue weighted by Crippen LogP contribution is 2.18. The van der Waals surface area contributed by atoms with E-state index in [1.807, 2.05) is 32.0 Å². The van der Waals surface area contributed by atoms with Crippen molar-refractivity contribution in [3.8, 4) is 0 Å².